The van der Waals surface area contributed by atoms with Gasteiger partial charge in [0.25, 0.3) is 0 Å². The van der Waals surface area contributed by atoms with Gasteiger partial charge in [-0.15, -0.1) is 0 Å². The summed E-state index contributed by atoms with van der Waals surface area (Å²) in [5.74, 6) is -0.758. The van der Waals surface area contributed by atoms with E-state index in [0.29, 0.717) is 11.4 Å². The van der Waals surface area contributed by atoms with Crippen LogP contribution in [0.5, 0.6) is 5.75 Å². The van der Waals surface area contributed by atoms with Crippen molar-refractivity contribution in [3.8, 4) is 5.75 Å². The first-order valence-electron chi connectivity index (χ1n) is 7.87. The Morgan fingerprint density at radius 1 is 1.20 bits per heavy atom. The highest BCUT2D eigenvalue weighted by molar-refractivity contribution is 5.94. The zero-order valence-electron chi connectivity index (χ0n) is 14.8. The van der Waals surface area contributed by atoms with Gasteiger partial charge in [-0.05, 0) is 29.2 Å². The monoisotopic (exact) mass is 342 g/mol. The summed E-state index contributed by atoms with van der Waals surface area (Å²) in [6, 6.07) is 8.68. The number of carbonyl (C=O) groups excluding carboxylic acids is 1. The number of nitrogens with zero attached hydrogens (tertiary/aromatic N) is 1. The van der Waals surface area contributed by atoms with E-state index in [1.165, 1.54) is 12.3 Å². The van der Waals surface area contributed by atoms with Crippen molar-refractivity contribution in [3.63, 3.8) is 0 Å². The SMILES string of the molecule is COc1ccc(C(C)(C)C)cc1CC(=O)Nc1ccnc(C(=O)O)c1. The molecule has 1 amide bonds. The standard InChI is InChI=1S/C19H22N2O4/c1-19(2,3)13-5-6-16(25-4)12(9-13)10-17(22)21-14-7-8-20-15(11-14)18(23)24/h5-9,11H,10H2,1-4H3,(H,23,24)(H,20,21,22). The molecule has 2 aromatic rings. The van der Waals surface area contributed by atoms with Gasteiger partial charge < -0.3 is 15.2 Å². The van der Waals surface area contributed by atoms with Crippen LogP contribution in [0.4, 0.5) is 5.69 Å². The maximum absolute atomic E-state index is 12.4. The number of methoxy groups -OCH3 is 1. The highest BCUT2D eigenvalue weighted by atomic mass is 16.5. The first-order valence-corrected chi connectivity index (χ1v) is 7.87. The number of rotatable bonds is 5. The van der Waals surface area contributed by atoms with Crippen LogP contribution >= 0.6 is 0 Å². The third-order valence-electron chi connectivity index (χ3n) is 3.76. The molecule has 0 aliphatic heterocycles. The number of hydrogen-bond acceptors (Lipinski definition) is 4. The van der Waals surface area contributed by atoms with Gasteiger partial charge in [0.05, 0.1) is 13.5 Å². The van der Waals surface area contributed by atoms with Crippen LogP contribution in [0.1, 0.15) is 42.4 Å². The van der Waals surface area contributed by atoms with E-state index in [2.05, 4.69) is 31.1 Å². The predicted octanol–water partition coefficient (Wildman–Crippen LogP) is 3.27. The van der Waals surface area contributed by atoms with Crippen molar-refractivity contribution in [2.45, 2.75) is 32.6 Å². The Labute approximate surface area is 146 Å². The van der Waals surface area contributed by atoms with Gasteiger partial charge in [0.15, 0.2) is 0 Å². The van der Waals surface area contributed by atoms with Gasteiger partial charge in [0, 0.05) is 17.4 Å². The number of carboxylic acids is 1. The van der Waals surface area contributed by atoms with Gasteiger partial charge >= 0.3 is 5.97 Å². The van der Waals surface area contributed by atoms with E-state index in [9.17, 15) is 9.59 Å². The molecule has 0 aliphatic carbocycles. The molecule has 1 aromatic heterocycles. The summed E-state index contributed by atoms with van der Waals surface area (Å²) in [5.41, 5.74) is 2.11. The fourth-order valence-corrected chi connectivity index (χ4v) is 2.39. The number of aromatic nitrogens is 1. The minimum absolute atomic E-state index is 0.0427. The lowest BCUT2D eigenvalue weighted by Crippen LogP contribution is -2.17. The molecular weight excluding hydrogens is 320 g/mol. The van der Waals surface area contributed by atoms with E-state index in [0.717, 1.165) is 11.1 Å². The largest absolute Gasteiger partial charge is 0.496 e. The van der Waals surface area contributed by atoms with E-state index in [-0.39, 0.29) is 23.4 Å². The van der Waals surface area contributed by atoms with Crippen molar-refractivity contribution in [2.24, 2.45) is 0 Å². The smallest absolute Gasteiger partial charge is 0.354 e. The molecule has 6 nitrogen and oxygen atoms in total. The van der Waals surface area contributed by atoms with E-state index in [4.69, 9.17) is 9.84 Å². The second kappa shape index (κ2) is 7.34. The van der Waals surface area contributed by atoms with Crippen LogP contribution < -0.4 is 10.1 Å². The molecule has 0 spiro atoms. The third-order valence-corrected chi connectivity index (χ3v) is 3.76. The normalized spacial score (nSPS) is 11.0. The topological polar surface area (TPSA) is 88.5 Å². The molecule has 0 bridgehead atoms. The number of carboxylic acid groups (broad SMARTS) is 1. The maximum atomic E-state index is 12.4. The number of anilines is 1. The third kappa shape index (κ3) is 4.79. The Kier molecular flexibility index (Phi) is 5.41. The van der Waals surface area contributed by atoms with E-state index < -0.39 is 5.97 Å². The Morgan fingerprint density at radius 3 is 2.52 bits per heavy atom. The zero-order valence-corrected chi connectivity index (χ0v) is 14.8. The number of ether oxygens (including phenoxy) is 1. The molecule has 0 saturated heterocycles. The Balaban J connectivity index is 2.20. The van der Waals surface area contributed by atoms with Crippen LogP contribution in [-0.2, 0) is 16.6 Å². The first-order chi connectivity index (χ1) is 11.7. The number of benzene rings is 1. The minimum Gasteiger partial charge on any atom is -0.496 e. The van der Waals surface area contributed by atoms with Crippen LogP contribution in [0, 0.1) is 0 Å². The number of pyridine rings is 1. The van der Waals surface area contributed by atoms with E-state index >= 15 is 0 Å². The van der Waals surface area contributed by atoms with Crippen LogP contribution in [0.2, 0.25) is 0 Å². The predicted molar refractivity (Wildman–Crippen MR) is 95.2 cm³/mol. The molecule has 6 heteroatoms. The van der Waals surface area contributed by atoms with Gasteiger partial charge in [-0.25, -0.2) is 9.78 Å². The highest BCUT2D eigenvalue weighted by Gasteiger charge is 2.17. The Morgan fingerprint density at radius 2 is 1.92 bits per heavy atom. The van der Waals surface area contributed by atoms with Crippen LogP contribution in [-0.4, -0.2) is 29.1 Å². The Bertz CT molecular complexity index is 794. The molecule has 0 saturated carbocycles. The van der Waals surface area contributed by atoms with Crippen molar-refractivity contribution >= 4 is 17.6 Å². The minimum atomic E-state index is -1.14. The molecule has 0 atom stereocenters. The fraction of sp³-hybridized carbons (Fsp3) is 0.316. The van der Waals surface area contributed by atoms with Crippen molar-refractivity contribution in [1.29, 1.82) is 0 Å². The summed E-state index contributed by atoms with van der Waals surface area (Å²) >= 11 is 0. The van der Waals surface area contributed by atoms with Crippen molar-refractivity contribution in [3.05, 3.63) is 53.3 Å². The second-order valence-corrected chi connectivity index (χ2v) is 6.74. The quantitative estimate of drug-likeness (QED) is 0.870. The van der Waals surface area contributed by atoms with Gasteiger partial charge in [-0.2, -0.15) is 0 Å². The molecule has 25 heavy (non-hydrogen) atoms. The molecule has 0 unspecified atom stereocenters. The lowest BCUT2D eigenvalue weighted by atomic mass is 9.85. The summed E-state index contributed by atoms with van der Waals surface area (Å²) in [5, 5.41) is 11.7. The number of aromatic carboxylic acids is 1. The summed E-state index contributed by atoms with van der Waals surface area (Å²) in [6.45, 7) is 6.30. The van der Waals surface area contributed by atoms with Gasteiger partial charge in [0.2, 0.25) is 5.91 Å². The summed E-state index contributed by atoms with van der Waals surface area (Å²) < 4.78 is 5.35. The lowest BCUT2D eigenvalue weighted by molar-refractivity contribution is -0.115. The van der Waals surface area contributed by atoms with E-state index in [1.54, 1.807) is 13.2 Å². The summed E-state index contributed by atoms with van der Waals surface area (Å²) in [4.78, 5) is 27.0. The first kappa shape index (κ1) is 18.4. The molecule has 0 fully saturated rings. The Hall–Kier alpha value is -2.89. The molecule has 2 N–H and O–H groups in total. The number of carbonyl (C=O) groups is 2. The molecule has 0 radical (unpaired) electrons. The molecule has 2 rings (SSSR count). The van der Waals surface area contributed by atoms with Gasteiger partial charge in [0.1, 0.15) is 11.4 Å². The lowest BCUT2D eigenvalue weighted by Gasteiger charge is -2.21. The summed E-state index contributed by atoms with van der Waals surface area (Å²) in [7, 11) is 1.56. The molecular formula is C19H22N2O4. The number of amides is 1. The van der Waals surface area contributed by atoms with Crippen molar-refractivity contribution in [2.75, 3.05) is 12.4 Å². The van der Waals surface area contributed by atoms with Gasteiger partial charge in [-0.1, -0.05) is 32.9 Å². The highest BCUT2D eigenvalue weighted by Crippen LogP contribution is 2.28. The van der Waals surface area contributed by atoms with Crippen molar-refractivity contribution in [1.82, 2.24) is 4.98 Å². The van der Waals surface area contributed by atoms with Crippen LogP contribution in [0.3, 0.4) is 0 Å². The van der Waals surface area contributed by atoms with E-state index in [1.807, 2.05) is 18.2 Å². The molecule has 132 valence electrons. The molecule has 1 aromatic carbocycles. The number of nitrogens with one attached hydrogen (secondary N) is 1. The average molecular weight is 342 g/mol. The average Bonchev–Trinajstić information content (AvgIpc) is 2.54. The maximum Gasteiger partial charge on any atom is 0.354 e. The molecule has 0 aliphatic rings. The van der Waals surface area contributed by atoms with Crippen LogP contribution in [0.15, 0.2) is 36.5 Å². The molecule has 1 heterocycles. The van der Waals surface area contributed by atoms with Crippen molar-refractivity contribution < 1.29 is 19.4 Å². The summed E-state index contributed by atoms with van der Waals surface area (Å²) in [6.07, 6.45) is 1.47. The zero-order chi connectivity index (χ0) is 18.6. The second-order valence-electron chi connectivity index (χ2n) is 6.74. The number of hydrogen-bond donors (Lipinski definition) is 2. The fourth-order valence-electron chi connectivity index (χ4n) is 2.39. The van der Waals surface area contributed by atoms with Crippen LogP contribution in [0.25, 0.3) is 0 Å². The van der Waals surface area contributed by atoms with Gasteiger partial charge in [-0.3, -0.25) is 4.79 Å².